The van der Waals surface area contributed by atoms with Crippen molar-refractivity contribution in [1.29, 1.82) is 0 Å². The maximum Gasteiger partial charge on any atom is 0.255 e. The summed E-state index contributed by atoms with van der Waals surface area (Å²) in [6.45, 7) is 0.350. The van der Waals surface area contributed by atoms with E-state index in [1.807, 2.05) is 48.5 Å². The Bertz CT molecular complexity index is 1160. The van der Waals surface area contributed by atoms with E-state index in [4.69, 9.17) is 0 Å². The predicted octanol–water partition coefficient (Wildman–Crippen LogP) is 4.76. The maximum absolute atomic E-state index is 14.8. The molecule has 1 aliphatic rings. The number of rotatable bonds is 3. The minimum absolute atomic E-state index is 0.0928. The number of aromatic hydroxyl groups is 1. The topological polar surface area (TPSA) is 56.3 Å². The molecule has 5 heteroatoms. The van der Waals surface area contributed by atoms with Crippen LogP contribution in [0.15, 0.2) is 72.8 Å². The quantitative estimate of drug-likeness (QED) is 0.545. The summed E-state index contributed by atoms with van der Waals surface area (Å²) >= 11 is 0. The van der Waals surface area contributed by atoms with Crippen molar-refractivity contribution >= 4 is 16.8 Å². The fourth-order valence-electron chi connectivity index (χ4n) is 4.00. The summed E-state index contributed by atoms with van der Waals surface area (Å²) in [6.07, 6.45) is 0. The fraction of sp³-hybridized carbons (Fsp3) is 0.0870. The molecule has 0 saturated carbocycles. The molecule has 0 radical (unpaired) electrons. The highest BCUT2D eigenvalue weighted by Gasteiger charge is 2.37. The van der Waals surface area contributed by atoms with Gasteiger partial charge in [-0.25, -0.2) is 4.39 Å². The zero-order chi connectivity index (χ0) is 19.3. The number of fused-ring (bicyclic) bond motifs is 2. The van der Waals surface area contributed by atoms with Crippen molar-refractivity contribution in [1.82, 2.24) is 9.88 Å². The third-order valence-corrected chi connectivity index (χ3v) is 5.31. The van der Waals surface area contributed by atoms with Crippen molar-refractivity contribution in [2.75, 3.05) is 0 Å². The van der Waals surface area contributed by atoms with Crippen molar-refractivity contribution in [3.8, 4) is 5.75 Å². The van der Waals surface area contributed by atoms with Crippen LogP contribution in [0.4, 0.5) is 4.39 Å². The van der Waals surface area contributed by atoms with Gasteiger partial charge in [0.2, 0.25) is 0 Å². The van der Waals surface area contributed by atoms with Crippen LogP contribution < -0.4 is 0 Å². The molecule has 1 aliphatic heterocycles. The van der Waals surface area contributed by atoms with Gasteiger partial charge in [-0.15, -0.1) is 0 Å². The summed E-state index contributed by atoms with van der Waals surface area (Å²) in [6, 6.07) is 20.4. The van der Waals surface area contributed by atoms with Gasteiger partial charge in [0, 0.05) is 23.3 Å². The predicted molar refractivity (Wildman–Crippen MR) is 105 cm³/mol. The monoisotopic (exact) mass is 372 g/mol. The molecule has 1 amide bonds. The maximum atomic E-state index is 14.8. The lowest BCUT2D eigenvalue weighted by Gasteiger charge is -2.28. The first kappa shape index (κ1) is 16.6. The van der Waals surface area contributed by atoms with E-state index in [9.17, 15) is 14.3 Å². The molecular weight excluding hydrogens is 355 g/mol. The van der Waals surface area contributed by atoms with Gasteiger partial charge in [-0.1, -0.05) is 42.5 Å². The molecule has 1 aromatic heterocycles. The fourth-order valence-corrected chi connectivity index (χ4v) is 4.00. The summed E-state index contributed by atoms with van der Waals surface area (Å²) < 4.78 is 14.8. The molecular formula is C23H17FN2O2. The van der Waals surface area contributed by atoms with Crippen LogP contribution >= 0.6 is 0 Å². The number of H-pyrrole nitrogens is 1. The van der Waals surface area contributed by atoms with Gasteiger partial charge in [-0.05, 0) is 41.3 Å². The van der Waals surface area contributed by atoms with Gasteiger partial charge in [0.05, 0.1) is 5.56 Å². The van der Waals surface area contributed by atoms with E-state index in [2.05, 4.69) is 4.98 Å². The smallest absolute Gasteiger partial charge is 0.255 e. The molecule has 1 unspecified atom stereocenters. The van der Waals surface area contributed by atoms with Gasteiger partial charge in [0.15, 0.2) is 0 Å². The van der Waals surface area contributed by atoms with Gasteiger partial charge < -0.3 is 15.0 Å². The summed E-state index contributed by atoms with van der Waals surface area (Å²) in [5.74, 6) is -0.901. The minimum atomic E-state index is -0.770. The zero-order valence-corrected chi connectivity index (χ0v) is 14.9. The van der Waals surface area contributed by atoms with E-state index in [1.165, 1.54) is 18.2 Å². The van der Waals surface area contributed by atoms with Crippen LogP contribution in [0.2, 0.25) is 0 Å². The second-order valence-electron chi connectivity index (χ2n) is 6.98. The van der Waals surface area contributed by atoms with Crippen LogP contribution in [0, 0.1) is 5.82 Å². The Labute approximate surface area is 160 Å². The molecule has 28 heavy (non-hydrogen) atoms. The molecule has 5 rings (SSSR count). The number of nitrogens with one attached hydrogen (secondary N) is 1. The standard InChI is InChI=1S/C23H17FN2O2/c24-17-9-5-11-20(27)21(17)22(19-12-14-6-2-4-10-18(14)25-19)26-13-15-7-1-3-8-16(15)23(26)28/h1-12,22,25,27H,13H2. The first-order chi connectivity index (χ1) is 13.6. The number of carbonyl (C=O) groups excluding carboxylic acids is 1. The van der Waals surface area contributed by atoms with Gasteiger partial charge in [-0.3, -0.25) is 4.79 Å². The molecule has 2 N–H and O–H groups in total. The third kappa shape index (κ3) is 2.47. The lowest BCUT2D eigenvalue weighted by Crippen LogP contribution is -2.31. The van der Waals surface area contributed by atoms with Gasteiger partial charge in [-0.2, -0.15) is 0 Å². The number of aromatic amines is 1. The molecule has 0 bridgehead atoms. The van der Waals surface area contributed by atoms with Crippen molar-refractivity contribution < 1.29 is 14.3 Å². The Morgan fingerprint density at radius 1 is 1.00 bits per heavy atom. The number of nitrogens with zero attached hydrogens (tertiary/aromatic N) is 1. The second kappa shape index (κ2) is 6.23. The van der Waals surface area contributed by atoms with Crippen molar-refractivity contribution in [3.63, 3.8) is 0 Å². The van der Waals surface area contributed by atoms with E-state index in [0.717, 1.165) is 16.5 Å². The largest absolute Gasteiger partial charge is 0.507 e. The summed E-state index contributed by atoms with van der Waals surface area (Å²) in [4.78, 5) is 18.0. The zero-order valence-electron chi connectivity index (χ0n) is 14.9. The highest BCUT2D eigenvalue weighted by molar-refractivity contribution is 5.99. The Morgan fingerprint density at radius 3 is 2.57 bits per heavy atom. The molecule has 0 aliphatic carbocycles. The van der Waals surface area contributed by atoms with Crippen LogP contribution in [0.25, 0.3) is 10.9 Å². The van der Waals surface area contributed by atoms with E-state index in [0.29, 0.717) is 17.8 Å². The number of phenols is 1. The first-order valence-electron chi connectivity index (χ1n) is 9.07. The van der Waals surface area contributed by atoms with Crippen molar-refractivity contribution in [2.45, 2.75) is 12.6 Å². The number of phenolic OH excluding ortho intramolecular Hbond substituents is 1. The second-order valence-corrected chi connectivity index (χ2v) is 6.98. The number of aromatic nitrogens is 1. The highest BCUT2D eigenvalue weighted by Crippen LogP contribution is 2.40. The number of para-hydroxylation sites is 1. The Kier molecular flexibility index (Phi) is 3.69. The number of carbonyl (C=O) groups is 1. The van der Waals surface area contributed by atoms with Crippen LogP contribution in [0.1, 0.15) is 33.2 Å². The first-order valence-corrected chi connectivity index (χ1v) is 9.07. The molecule has 2 heterocycles. The molecule has 1 atom stereocenters. The number of halogens is 1. The Balaban J connectivity index is 1.71. The molecule has 138 valence electrons. The van der Waals surface area contributed by atoms with E-state index < -0.39 is 11.9 Å². The summed E-state index contributed by atoms with van der Waals surface area (Å²) in [5, 5.41) is 11.4. The molecule has 4 nitrogen and oxygen atoms in total. The normalized spacial score (nSPS) is 14.5. The molecule has 0 spiro atoms. The highest BCUT2D eigenvalue weighted by atomic mass is 19.1. The average molecular weight is 372 g/mol. The van der Waals surface area contributed by atoms with Gasteiger partial charge in [0.25, 0.3) is 5.91 Å². The van der Waals surface area contributed by atoms with Crippen LogP contribution in [0.5, 0.6) is 5.75 Å². The number of hydrogen-bond acceptors (Lipinski definition) is 2. The molecule has 0 fully saturated rings. The van der Waals surface area contributed by atoms with E-state index in [-0.39, 0.29) is 17.2 Å². The van der Waals surface area contributed by atoms with Crippen LogP contribution in [-0.4, -0.2) is 20.9 Å². The average Bonchev–Trinajstić information content (AvgIpc) is 3.26. The number of hydrogen-bond donors (Lipinski definition) is 2. The van der Waals surface area contributed by atoms with Gasteiger partial charge >= 0.3 is 0 Å². The molecule has 3 aromatic carbocycles. The summed E-state index contributed by atoms with van der Waals surface area (Å²) in [5.41, 5.74) is 3.14. The molecule has 4 aromatic rings. The van der Waals surface area contributed by atoms with Crippen molar-refractivity contribution in [3.05, 3.63) is 101 Å². The SMILES string of the molecule is O=C1c2ccccc2CN1C(c1cc2ccccc2[nH]1)c1c(O)cccc1F. The van der Waals surface area contributed by atoms with Gasteiger partial charge in [0.1, 0.15) is 17.6 Å². The number of benzene rings is 3. The lowest BCUT2D eigenvalue weighted by atomic mass is 10.00. The van der Waals surface area contributed by atoms with Crippen LogP contribution in [-0.2, 0) is 6.54 Å². The van der Waals surface area contributed by atoms with Crippen molar-refractivity contribution in [2.24, 2.45) is 0 Å². The van der Waals surface area contributed by atoms with E-state index in [1.54, 1.807) is 11.0 Å². The van der Waals surface area contributed by atoms with E-state index >= 15 is 0 Å². The number of amides is 1. The third-order valence-electron chi connectivity index (χ3n) is 5.31. The Hall–Kier alpha value is -3.60. The minimum Gasteiger partial charge on any atom is -0.507 e. The molecule has 0 saturated heterocycles. The lowest BCUT2D eigenvalue weighted by molar-refractivity contribution is 0.0724. The van der Waals surface area contributed by atoms with Crippen LogP contribution in [0.3, 0.4) is 0 Å². The Morgan fingerprint density at radius 2 is 1.79 bits per heavy atom. The summed E-state index contributed by atoms with van der Waals surface area (Å²) in [7, 11) is 0.